The summed E-state index contributed by atoms with van der Waals surface area (Å²) in [6.45, 7) is 1.89. The van der Waals surface area contributed by atoms with E-state index in [-0.39, 0.29) is 11.6 Å². The third-order valence-electron chi connectivity index (χ3n) is 3.48. The number of hydrogen-bond donors (Lipinski definition) is 2. The van der Waals surface area contributed by atoms with Crippen molar-refractivity contribution >= 4 is 23.1 Å². The molecular weight excluding hydrogens is 348 g/mol. The molecule has 0 fully saturated rings. The van der Waals surface area contributed by atoms with Crippen molar-refractivity contribution in [2.45, 2.75) is 13.1 Å². The average molecular weight is 362 g/mol. The molecule has 2 N–H and O–H groups in total. The lowest BCUT2D eigenvalue weighted by atomic mass is 10.2. The lowest BCUT2D eigenvalue weighted by Crippen LogP contribution is -2.12. The Bertz CT molecular complexity index is 908. The van der Waals surface area contributed by atoms with Crippen LogP contribution in [0.2, 0.25) is 0 Å². The van der Waals surface area contributed by atoms with E-state index in [1.807, 2.05) is 19.1 Å². The van der Waals surface area contributed by atoms with Crippen LogP contribution in [0, 0.1) is 12.7 Å². The van der Waals surface area contributed by atoms with Crippen LogP contribution in [0.25, 0.3) is 0 Å². The molecule has 3 rings (SSSR count). The Labute approximate surface area is 146 Å². The molecule has 0 saturated carbocycles. The third-order valence-corrected chi connectivity index (χ3v) is 3.48. The lowest BCUT2D eigenvalue weighted by molar-refractivity contribution is -0.137. The molecule has 0 bridgehead atoms. The van der Waals surface area contributed by atoms with Gasteiger partial charge in [0.15, 0.2) is 0 Å². The Hall–Kier alpha value is -3.16. The third kappa shape index (κ3) is 4.27. The largest absolute Gasteiger partial charge is 0.421 e. The van der Waals surface area contributed by atoms with Gasteiger partial charge in [-0.05, 0) is 48.9 Å². The van der Waals surface area contributed by atoms with Gasteiger partial charge in [-0.2, -0.15) is 18.2 Å². The first-order valence-electron chi connectivity index (χ1n) is 7.62. The number of hydrogen-bond acceptors (Lipinski definition) is 4. The van der Waals surface area contributed by atoms with Gasteiger partial charge in [-0.25, -0.2) is 9.37 Å². The molecule has 4 nitrogen and oxygen atoms in total. The summed E-state index contributed by atoms with van der Waals surface area (Å²) in [5.74, 6) is -0.904. The maximum absolute atomic E-state index is 13.2. The highest BCUT2D eigenvalue weighted by molar-refractivity contribution is 5.63. The van der Waals surface area contributed by atoms with E-state index >= 15 is 0 Å². The van der Waals surface area contributed by atoms with Crippen LogP contribution in [0.1, 0.15) is 11.1 Å². The van der Waals surface area contributed by atoms with Gasteiger partial charge in [0.1, 0.15) is 17.2 Å². The first-order valence-corrected chi connectivity index (χ1v) is 7.62. The second-order valence-electron chi connectivity index (χ2n) is 5.58. The van der Waals surface area contributed by atoms with Crippen molar-refractivity contribution in [3.05, 3.63) is 71.7 Å². The number of nitrogens with one attached hydrogen (secondary N) is 2. The van der Waals surface area contributed by atoms with Gasteiger partial charge in [-0.1, -0.05) is 12.1 Å². The Balaban J connectivity index is 1.94. The molecule has 1 aromatic heterocycles. The number of rotatable bonds is 4. The Kier molecular flexibility index (Phi) is 4.75. The average Bonchev–Trinajstić information content (AvgIpc) is 2.56. The molecule has 3 aromatic rings. The van der Waals surface area contributed by atoms with E-state index in [4.69, 9.17) is 0 Å². The fourth-order valence-corrected chi connectivity index (χ4v) is 2.27. The van der Waals surface area contributed by atoms with Gasteiger partial charge < -0.3 is 10.6 Å². The molecule has 26 heavy (non-hydrogen) atoms. The Morgan fingerprint density at radius 2 is 1.65 bits per heavy atom. The number of aryl methyl sites for hydroxylation is 1. The lowest BCUT2D eigenvalue weighted by Gasteiger charge is -2.15. The zero-order chi connectivity index (χ0) is 18.7. The molecule has 0 amide bonds. The van der Waals surface area contributed by atoms with E-state index in [1.165, 1.54) is 12.1 Å². The number of halogens is 4. The van der Waals surface area contributed by atoms with E-state index in [9.17, 15) is 17.6 Å². The minimum Gasteiger partial charge on any atom is -0.340 e. The minimum atomic E-state index is -4.63. The van der Waals surface area contributed by atoms with Crippen molar-refractivity contribution in [2.75, 3.05) is 10.6 Å². The second-order valence-corrected chi connectivity index (χ2v) is 5.58. The van der Waals surface area contributed by atoms with Crippen LogP contribution >= 0.6 is 0 Å². The van der Waals surface area contributed by atoms with E-state index in [1.54, 1.807) is 12.1 Å². The molecule has 0 radical (unpaired) electrons. The van der Waals surface area contributed by atoms with Gasteiger partial charge in [0, 0.05) is 17.6 Å². The summed E-state index contributed by atoms with van der Waals surface area (Å²) < 4.78 is 52.7. The highest BCUT2D eigenvalue weighted by Crippen LogP contribution is 2.35. The van der Waals surface area contributed by atoms with Gasteiger partial charge in [0.2, 0.25) is 5.95 Å². The van der Waals surface area contributed by atoms with Crippen LogP contribution in [0.15, 0.2) is 54.7 Å². The summed E-state index contributed by atoms with van der Waals surface area (Å²) in [4.78, 5) is 7.68. The molecule has 8 heteroatoms. The number of aromatic nitrogens is 2. The molecule has 0 aliphatic rings. The van der Waals surface area contributed by atoms with E-state index in [0.29, 0.717) is 11.9 Å². The molecule has 1 heterocycles. The van der Waals surface area contributed by atoms with Crippen LogP contribution < -0.4 is 10.6 Å². The summed E-state index contributed by atoms with van der Waals surface area (Å²) >= 11 is 0. The van der Waals surface area contributed by atoms with Crippen LogP contribution in [-0.4, -0.2) is 9.97 Å². The molecule has 134 valence electrons. The van der Waals surface area contributed by atoms with Crippen molar-refractivity contribution in [3.63, 3.8) is 0 Å². The van der Waals surface area contributed by atoms with Gasteiger partial charge in [-0.3, -0.25) is 0 Å². The summed E-state index contributed by atoms with van der Waals surface area (Å²) in [6.07, 6.45) is -3.93. The SMILES string of the molecule is Cc1cccc(Nc2ncc(C(F)(F)F)c(Nc3ccc(F)cc3)n2)c1. The van der Waals surface area contributed by atoms with Crippen molar-refractivity contribution in [1.29, 1.82) is 0 Å². The fourth-order valence-electron chi connectivity index (χ4n) is 2.27. The summed E-state index contributed by atoms with van der Waals surface area (Å²) in [5.41, 5.74) is 0.887. The number of alkyl halides is 3. The molecule has 0 unspecified atom stereocenters. The molecule has 0 saturated heterocycles. The highest BCUT2D eigenvalue weighted by Gasteiger charge is 2.35. The normalized spacial score (nSPS) is 11.3. The van der Waals surface area contributed by atoms with Gasteiger partial charge in [0.25, 0.3) is 0 Å². The molecule has 0 atom stereocenters. The predicted molar refractivity (Wildman–Crippen MR) is 91.2 cm³/mol. The molecule has 0 spiro atoms. The van der Waals surface area contributed by atoms with E-state index in [0.717, 1.165) is 17.7 Å². The van der Waals surface area contributed by atoms with Crippen LogP contribution in [0.5, 0.6) is 0 Å². The highest BCUT2D eigenvalue weighted by atomic mass is 19.4. The zero-order valence-corrected chi connectivity index (χ0v) is 13.6. The van der Waals surface area contributed by atoms with E-state index < -0.39 is 23.4 Å². The van der Waals surface area contributed by atoms with Crippen molar-refractivity contribution in [3.8, 4) is 0 Å². The second kappa shape index (κ2) is 6.99. The first kappa shape index (κ1) is 17.7. The van der Waals surface area contributed by atoms with Crippen LogP contribution in [0.4, 0.5) is 40.7 Å². The maximum Gasteiger partial charge on any atom is 0.421 e. The topological polar surface area (TPSA) is 49.8 Å². The number of anilines is 4. The maximum atomic E-state index is 13.2. The quantitative estimate of drug-likeness (QED) is 0.608. The van der Waals surface area contributed by atoms with Crippen molar-refractivity contribution in [1.82, 2.24) is 9.97 Å². The first-order chi connectivity index (χ1) is 12.3. The van der Waals surface area contributed by atoms with Gasteiger partial charge in [-0.15, -0.1) is 0 Å². The van der Waals surface area contributed by atoms with Crippen LogP contribution in [-0.2, 0) is 6.18 Å². The predicted octanol–water partition coefficient (Wildman–Crippen LogP) is 5.43. The molecule has 2 aromatic carbocycles. The minimum absolute atomic E-state index is 0.00760. The molecule has 0 aliphatic carbocycles. The van der Waals surface area contributed by atoms with Gasteiger partial charge in [0.05, 0.1) is 0 Å². The van der Waals surface area contributed by atoms with E-state index in [2.05, 4.69) is 20.6 Å². The molecule has 0 aliphatic heterocycles. The smallest absolute Gasteiger partial charge is 0.340 e. The van der Waals surface area contributed by atoms with Gasteiger partial charge >= 0.3 is 6.18 Å². The summed E-state index contributed by atoms with van der Waals surface area (Å²) in [7, 11) is 0. The zero-order valence-electron chi connectivity index (χ0n) is 13.6. The Morgan fingerprint density at radius 1 is 0.923 bits per heavy atom. The Morgan fingerprint density at radius 3 is 2.31 bits per heavy atom. The van der Waals surface area contributed by atoms with Crippen molar-refractivity contribution < 1.29 is 17.6 Å². The number of benzene rings is 2. The molecular formula is C18H14F4N4. The number of nitrogens with zero attached hydrogens (tertiary/aromatic N) is 2. The summed E-state index contributed by atoms with van der Waals surface area (Å²) in [6, 6.07) is 12.2. The van der Waals surface area contributed by atoms with Crippen LogP contribution in [0.3, 0.4) is 0 Å². The summed E-state index contributed by atoms with van der Waals surface area (Å²) in [5, 5.41) is 5.44. The standard InChI is InChI=1S/C18H14F4N4/c1-11-3-2-4-14(9-11)25-17-23-10-15(18(20,21)22)16(26-17)24-13-7-5-12(19)6-8-13/h2-10H,1H3,(H2,23,24,25,26). The monoisotopic (exact) mass is 362 g/mol. The van der Waals surface area contributed by atoms with Crippen molar-refractivity contribution in [2.24, 2.45) is 0 Å². The fraction of sp³-hybridized carbons (Fsp3) is 0.111.